The van der Waals surface area contributed by atoms with Crippen LogP contribution in [0.3, 0.4) is 0 Å². The minimum absolute atomic E-state index is 0.0716. The molecular formula is C23H23Cl2N3O6. The Balaban J connectivity index is 1.56. The molecule has 3 aromatic rings. The van der Waals surface area contributed by atoms with Crippen LogP contribution in [0.1, 0.15) is 16.1 Å². The van der Waals surface area contributed by atoms with E-state index in [4.69, 9.17) is 42.8 Å². The van der Waals surface area contributed by atoms with Crippen molar-refractivity contribution in [2.45, 2.75) is 6.10 Å². The van der Waals surface area contributed by atoms with E-state index in [1.165, 1.54) is 18.2 Å². The van der Waals surface area contributed by atoms with Gasteiger partial charge in [0.2, 0.25) is 5.78 Å². The van der Waals surface area contributed by atoms with E-state index in [1.54, 1.807) is 18.2 Å². The molecule has 1 atom stereocenters. The second-order valence-corrected chi connectivity index (χ2v) is 8.63. The zero-order valence-electron chi connectivity index (χ0n) is 18.1. The summed E-state index contributed by atoms with van der Waals surface area (Å²) in [7, 11) is 0. The summed E-state index contributed by atoms with van der Waals surface area (Å²) in [5.41, 5.74) is 5.87. The highest BCUT2D eigenvalue weighted by Gasteiger charge is 2.25. The molecule has 11 heteroatoms. The SMILES string of the molecule is NC(=O)Nc1c(C(=O)c2ccc(Cl)cc2Cl)oc2cc(OC[C@H](O)CN3CCOCC3)ccc12. The third kappa shape index (κ3) is 5.63. The van der Waals surface area contributed by atoms with Gasteiger partial charge in [-0.05, 0) is 30.3 Å². The maximum absolute atomic E-state index is 13.1. The van der Waals surface area contributed by atoms with Crippen LogP contribution in [-0.4, -0.2) is 67.4 Å². The van der Waals surface area contributed by atoms with Crippen LogP contribution in [-0.2, 0) is 4.74 Å². The number of aliphatic hydroxyl groups is 1. The van der Waals surface area contributed by atoms with E-state index in [0.29, 0.717) is 35.9 Å². The van der Waals surface area contributed by atoms with Crippen molar-refractivity contribution < 1.29 is 28.6 Å². The summed E-state index contributed by atoms with van der Waals surface area (Å²) in [6.07, 6.45) is -0.693. The van der Waals surface area contributed by atoms with Gasteiger partial charge in [-0.2, -0.15) is 0 Å². The average Bonchev–Trinajstić information content (AvgIpc) is 3.15. The Morgan fingerprint density at radius 3 is 2.65 bits per heavy atom. The summed E-state index contributed by atoms with van der Waals surface area (Å²) >= 11 is 12.1. The van der Waals surface area contributed by atoms with Crippen LogP contribution in [0.25, 0.3) is 11.0 Å². The number of hydrogen-bond donors (Lipinski definition) is 3. The third-order valence-electron chi connectivity index (χ3n) is 5.31. The monoisotopic (exact) mass is 507 g/mol. The number of ketones is 1. The number of urea groups is 1. The Labute approximate surface area is 205 Å². The number of carbonyl (C=O) groups is 2. The number of anilines is 1. The van der Waals surface area contributed by atoms with Gasteiger partial charge in [0.05, 0.1) is 18.2 Å². The summed E-state index contributed by atoms with van der Waals surface area (Å²) in [5, 5.41) is 13.7. The molecule has 0 radical (unpaired) electrons. The first-order valence-electron chi connectivity index (χ1n) is 10.6. The topological polar surface area (TPSA) is 127 Å². The van der Waals surface area contributed by atoms with E-state index in [0.717, 1.165) is 13.1 Å². The van der Waals surface area contributed by atoms with E-state index < -0.39 is 17.9 Å². The Kier molecular flexibility index (Phi) is 7.60. The highest BCUT2D eigenvalue weighted by atomic mass is 35.5. The maximum atomic E-state index is 13.1. The maximum Gasteiger partial charge on any atom is 0.316 e. The van der Waals surface area contributed by atoms with Gasteiger partial charge in [-0.25, -0.2) is 4.79 Å². The first-order valence-corrected chi connectivity index (χ1v) is 11.3. The van der Waals surface area contributed by atoms with Crippen LogP contribution >= 0.6 is 23.2 Å². The zero-order chi connectivity index (χ0) is 24.2. The molecule has 1 aliphatic heterocycles. The molecule has 0 unspecified atom stereocenters. The molecule has 34 heavy (non-hydrogen) atoms. The molecule has 2 aromatic carbocycles. The number of ether oxygens (including phenoxy) is 2. The van der Waals surface area contributed by atoms with Crippen molar-refractivity contribution in [3.05, 3.63) is 57.8 Å². The standard InChI is InChI=1S/C23H23Cl2N3O6/c24-13-1-3-16(18(25)9-13)21(30)22-20(27-23(26)31)17-4-2-15(10-19(17)34-22)33-12-14(29)11-28-5-7-32-8-6-28/h1-4,9-10,14,29H,5-8,11-12H2,(H3,26,27,31)/t14-/m1/s1. The number of primary amides is 1. The quantitative estimate of drug-likeness (QED) is 0.398. The van der Waals surface area contributed by atoms with Crippen LogP contribution in [0.2, 0.25) is 10.0 Å². The van der Waals surface area contributed by atoms with Gasteiger partial charge >= 0.3 is 6.03 Å². The second-order valence-electron chi connectivity index (χ2n) is 7.78. The summed E-state index contributed by atoms with van der Waals surface area (Å²) in [6, 6.07) is 8.43. The number of carbonyl (C=O) groups excluding carboxylic acids is 2. The lowest BCUT2D eigenvalue weighted by Crippen LogP contribution is -2.42. The third-order valence-corrected chi connectivity index (χ3v) is 5.85. The van der Waals surface area contributed by atoms with Crippen LogP contribution in [0.5, 0.6) is 5.75 Å². The van der Waals surface area contributed by atoms with Crippen molar-refractivity contribution in [2.75, 3.05) is 44.8 Å². The number of aliphatic hydroxyl groups excluding tert-OH is 1. The number of furan rings is 1. The fourth-order valence-corrected chi connectivity index (χ4v) is 4.19. The largest absolute Gasteiger partial charge is 0.491 e. The molecule has 0 spiro atoms. The van der Waals surface area contributed by atoms with Crippen molar-refractivity contribution in [2.24, 2.45) is 5.73 Å². The number of amides is 2. The fourth-order valence-electron chi connectivity index (χ4n) is 3.70. The lowest BCUT2D eigenvalue weighted by Gasteiger charge is -2.28. The minimum Gasteiger partial charge on any atom is -0.491 e. The van der Waals surface area contributed by atoms with Gasteiger partial charge in [-0.3, -0.25) is 9.69 Å². The Morgan fingerprint density at radius 2 is 1.94 bits per heavy atom. The van der Waals surface area contributed by atoms with Gasteiger partial charge in [-0.15, -0.1) is 0 Å². The summed E-state index contributed by atoms with van der Waals surface area (Å²) in [6.45, 7) is 3.36. The number of morpholine rings is 1. The fraction of sp³-hybridized carbons (Fsp3) is 0.304. The lowest BCUT2D eigenvalue weighted by molar-refractivity contribution is 0.00466. The van der Waals surface area contributed by atoms with Crippen LogP contribution < -0.4 is 15.8 Å². The van der Waals surface area contributed by atoms with Gasteiger partial charge in [0.1, 0.15) is 29.7 Å². The highest BCUT2D eigenvalue weighted by molar-refractivity contribution is 6.37. The summed E-state index contributed by atoms with van der Waals surface area (Å²) in [4.78, 5) is 26.8. The molecule has 4 rings (SSSR count). The van der Waals surface area contributed by atoms with E-state index in [2.05, 4.69) is 10.2 Å². The van der Waals surface area contributed by atoms with Gasteiger partial charge in [0.25, 0.3) is 0 Å². The first-order chi connectivity index (χ1) is 16.3. The molecular weight excluding hydrogens is 485 g/mol. The van der Waals surface area contributed by atoms with E-state index >= 15 is 0 Å². The molecule has 0 saturated carbocycles. The number of benzene rings is 2. The van der Waals surface area contributed by atoms with Crippen LogP contribution in [0, 0.1) is 0 Å². The first kappa shape index (κ1) is 24.3. The van der Waals surface area contributed by atoms with Crippen molar-refractivity contribution in [1.29, 1.82) is 0 Å². The molecule has 180 valence electrons. The Morgan fingerprint density at radius 1 is 1.18 bits per heavy atom. The number of hydrogen-bond acceptors (Lipinski definition) is 7. The molecule has 1 aliphatic rings. The molecule has 2 heterocycles. The Bertz CT molecular complexity index is 1210. The molecule has 0 bridgehead atoms. The number of β-amino-alcohol motifs (C(OH)–C–C–N with tert-alkyl or cyclic N) is 1. The lowest BCUT2D eigenvalue weighted by atomic mass is 10.1. The van der Waals surface area contributed by atoms with Gasteiger partial charge < -0.3 is 30.0 Å². The van der Waals surface area contributed by atoms with E-state index in [-0.39, 0.29) is 34.2 Å². The van der Waals surface area contributed by atoms with Crippen molar-refractivity contribution in [3.63, 3.8) is 0 Å². The zero-order valence-corrected chi connectivity index (χ0v) is 19.6. The van der Waals surface area contributed by atoms with Crippen LogP contribution in [0.4, 0.5) is 10.5 Å². The normalized spacial score (nSPS) is 15.3. The number of halogens is 2. The molecule has 0 aliphatic carbocycles. The predicted molar refractivity (Wildman–Crippen MR) is 128 cm³/mol. The van der Waals surface area contributed by atoms with Crippen LogP contribution in [0.15, 0.2) is 40.8 Å². The Hall–Kier alpha value is -2.82. The smallest absolute Gasteiger partial charge is 0.316 e. The van der Waals surface area contributed by atoms with Crippen molar-refractivity contribution >= 4 is 51.7 Å². The van der Waals surface area contributed by atoms with Gasteiger partial charge in [0, 0.05) is 41.7 Å². The van der Waals surface area contributed by atoms with Gasteiger partial charge in [-0.1, -0.05) is 23.2 Å². The molecule has 1 aromatic heterocycles. The summed E-state index contributed by atoms with van der Waals surface area (Å²) in [5.74, 6) is -0.260. The number of rotatable bonds is 8. The number of nitrogens with one attached hydrogen (secondary N) is 1. The predicted octanol–water partition coefficient (Wildman–Crippen LogP) is 3.53. The van der Waals surface area contributed by atoms with Gasteiger partial charge in [0.15, 0.2) is 5.76 Å². The number of nitrogens with two attached hydrogens (primary N) is 1. The molecule has 1 saturated heterocycles. The van der Waals surface area contributed by atoms with E-state index in [9.17, 15) is 14.7 Å². The number of nitrogens with zero attached hydrogens (tertiary/aromatic N) is 1. The minimum atomic E-state index is -0.856. The second kappa shape index (κ2) is 10.6. The molecule has 2 amide bonds. The number of fused-ring (bicyclic) bond motifs is 1. The average molecular weight is 508 g/mol. The van der Waals surface area contributed by atoms with Crippen molar-refractivity contribution in [3.8, 4) is 5.75 Å². The van der Waals surface area contributed by atoms with E-state index in [1.807, 2.05) is 0 Å². The highest BCUT2D eigenvalue weighted by Crippen LogP contribution is 2.36. The molecule has 4 N–H and O–H groups in total. The molecule has 1 fully saturated rings. The summed E-state index contributed by atoms with van der Waals surface area (Å²) < 4.78 is 16.8. The molecule has 9 nitrogen and oxygen atoms in total. The van der Waals surface area contributed by atoms with Crippen molar-refractivity contribution in [1.82, 2.24) is 4.90 Å².